The Balaban J connectivity index is 0.000000134. The van der Waals surface area contributed by atoms with Gasteiger partial charge in [-0.15, -0.1) is 22.7 Å². The molecular weight excluding hydrogens is 1520 g/mol. The van der Waals surface area contributed by atoms with E-state index < -0.39 is 23.1 Å². The average Bonchev–Trinajstić information content (AvgIpc) is 1.75. The van der Waals surface area contributed by atoms with Crippen LogP contribution in [-0.2, 0) is 18.4 Å². The zero-order valence-corrected chi connectivity index (χ0v) is 64.7. The van der Waals surface area contributed by atoms with Crippen molar-refractivity contribution in [3.63, 3.8) is 0 Å². The van der Waals surface area contributed by atoms with Crippen LogP contribution in [0.15, 0.2) is 272 Å². The first kappa shape index (κ1) is 79.3. The second kappa shape index (κ2) is 37.5. The van der Waals surface area contributed by atoms with Crippen molar-refractivity contribution >= 4 is 117 Å². The minimum Gasteiger partial charge on any atom is -0.396 e. The molecular formula is C90H88BrN13O7S2. The lowest BCUT2D eigenvalue weighted by Gasteiger charge is -2.32. The van der Waals surface area contributed by atoms with Gasteiger partial charge in [0.15, 0.2) is 0 Å². The van der Waals surface area contributed by atoms with Crippen molar-refractivity contribution < 1.29 is 19.2 Å². The SMILES string of the molecule is C.Nc1cscc1N.O=C(C(=O)c1ccc(CBr)cc1)c1ccccc1.O=C(C(=O)c1ccc(CN2CCC(n3c(=O)[nH]c4ccccc43)CC2)cc1)c1ccccc1.O=c1[nH]c2ccccc2n1C1CCN(Cc2ccc(-c3nc4cscc4nc3-c3ccccc3)cc2)CC1.O=c1[nH]c2ccccc2n1C1CCNCC1. The highest BCUT2D eigenvalue weighted by Crippen LogP contribution is 2.34. The van der Waals surface area contributed by atoms with Crippen molar-refractivity contribution in [2.24, 2.45) is 0 Å². The zero-order chi connectivity index (χ0) is 77.5. The number of anilines is 2. The minimum absolute atomic E-state index is 0. The maximum absolute atomic E-state index is 12.6. The molecule has 8 N–H and O–H groups in total. The molecule has 20 nitrogen and oxygen atoms in total. The summed E-state index contributed by atoms with van der Waals surface area (Å²) in [5.74, 6) is -1.92. The van der Waals surface area contributed by atoms with E-state index in [1.165, 1.54) is 16.9 Å². The predicted octanol–water partition coefficient (Wildman–Crippen LogP) is 17.2. The van der Waals surface area contributed by atoms with Crippen molar-refractivity contribution in [1.82, 2.24) is 53.7 Å². The molecule has 6 aromatic heterocycles. The van der Waals surface area contributed by atoms with Gasteiger partial charge in [-0.25, -0.2) is 24.4 Å². The van der Waals surface area contributed by atoms with Crippen molar-refractivity contribution in [1.29, 1.82) is 0 Å². The number of H-pyrrole nitrogens is 3. The molecule has 3 fully saturated rings. The van der Waals surface area contributed by atoms with Crippen molar-refractivity contribution in [2.45, 2.75) is 82.5 Å². The summed E-state index contributed by atoms with van der Waals surface area (Å²) in [6, 6.07) is 75.0. The highest BCUT2D eigenvalue weighted by atomic mass is 79.9. The summed E-state index contributed by atoms with van der Waals surface area (Å²) >= 11 is 6.48. The van der Waals surface area contributed by atoms with Gasteiger partial charge in [0.05, 0.1) is 55.9 Å². The number of alkyl halides is 1. The van der Waals surface area contributed by atoms with Crippen LogP contribution in [0.1, 0.15) is 122 Å². The fraction of sp³-hybridized carbons (Fsp3) is 0.211. The molecule has 0 aliphatic carbocycles. The highest BCUT2D eigenvalue weighted by Gasteiger charge is 2.27. The number of piperidine rings is 3. The number of carbonyl (C=O) groups is 4. The van der Waals surface area contributed by atoms with E-state index in [0.717, 1.165) is 174 Å². The van der Waals surface area contributed by atoms with Gasteiger partial charge in [0.25, 0.3) is 0 Å². The topological polar surface area (TPSA) is 278 Å². The number of halogens is 1. The monoisotopic (exact) mass is 1610 g/mol. The lowest BCUT2D eigenvalue weighted by Crippen LogP contribution is -2.36. The number of hydrogen-bond donors (Lipinski definition) is 6. The number of fused-ring (bicyclic) bond motifs is 4. The summed E-state index contributed by atoms with van der Waals surface area (Å²) in [5, 5.41) is 11.8. The van der Waals surface area contributed by atoms with Gasteiger partial charge in [0.1, 0.15) is 11.0 Å². The van der Waals surface area contributed by atoms with E-state index in [0.29, 0.717) is 39.7 Å². The molecule has 3 saturated heterocycles. The first-order chi connectivity index (χ1) is 54.7. The summed E-state index contributed by atoms with van der Waals surface area (Å²) in [7, 11) is 0. The minimum atomic E-state index is -0.488. The van der Waals surface area contributed by atoms with E-state index in [-0.39, 0.29) is 36.6 Å². The van der Waals surface area contributed by atoms with Crippen LogP contribution in [-0.4, -0.2) is 111 Å². The van der Waals surface area contributed by atoms with Gasteiger partial charge >= 0.3 is 17.1 Å². The fourth-order valence-electron chi connectivity index (χ4n) is 14.7. The molecule has 0 saturated carbocycles. The maximum Gasteiger partial charge on any atom is 0.326 e. The molecule has 0 atom stereocenters. The molecule has 23 heteroatoms. The number of hydrogen-bond acceptors (Lipinski definition) is 16. The fourth-order valence-corrected chi connectivity index (χ4v) is 16.3. The predicted molar refractivity (Wildman–Crippen MR) is 460 cm³/mol. The van der Waals surface area contributed by atoms with Gasteiger partial charge in [0, 0.05) is 118 Å². The number of nitrogens with one attached hydrogen (secondary N) is 4. The standard InChI is InChI=1S/C31H27N5OS.C27H25N3O3.C15H11BrO2.C12H15N3O.C4H6N2S.CH4/c37-31-34-25-8-4-5-9-28(25)36(31)24-14-16-35(17-15-24)18-21-10-12-23(13-11-21)30-29(22-6-2-1-3-7-22)32-26-19-38-20-27(26)33-30;31-25(20-6-2-1-3-7-20)26(32)21-12-10-19(11-13-21)18-29-16-14-22(15-17-29)30-24-9-5-4-8-23(24)28-27(30)33;16-10-11-6-8-13(9-7-11)15(18)14(17)12-4-2-1-3-5-12;16-12-14-10-3-1-2-4-11(10)15(12)9-5-7-13-8-6-9;5-3-1-7-2-4(3)6;/h1-13,19-20,24H,14-18H2,(H,34,37);1-13,22H,14-18H2,(H,28,33);1-9H,10H2;1-4,9,13H,5-8H2,(H,14,16);1-2H,5-6H2;1H4. The van der Waals surface area contributed by atoms with Crippen LogP contribution in [0, 0.1) is 0 Å². The molecule has 9 heterocycles. The summed E-state index contributed by atoms with van der Waals surface area (Å²) < 4.78 is 5.77. The van der Waals surface area contributed by atoms with Crippen LogP contribution in [0.2, 0.25) is 0 Å². The lowest BCUT2D eigenvalue weighted by molar-refractivity contribution is 0.0817. The molecule has 3 aliphatic rings. The Bertz CT molecular complexity index is 5900. The summed E-state index contributed by atoms with van der Waals surface area (Å²) in [4.78, 5) is 110. The van der Waals surface area contributed by atoms with Crippen LogP contribution in [0.25, 0.3) is 66.6 Å². The van der Waals surface area contributed by atoms with Crippen molar-refractivity contribution in [3.8, 4) is 22.5 Å². The van der Waals surface area contributed by atoms with Crippen LogP contribution in [0.3, 0.4) is 0 Å². The summed E-state index contributed by atoms with van der Waals surface area (Å²) in [5.41, 5.74) is 28.7. The Morgan fingerprint density at radius 2 is 0.690 bits per heavy atom. The van der Waals surface area contributed by atoms with E-state index in [4.69, 9.17) is 21.4 Å². The van der Waals surface area contributed by atoms with Gasteiger partial charge in [-0.3, -0.25) is 42.7 Å². The van der Waals surface area contributed by atoms with Gasteiger partial charge in [-0.1, -0.05) is 224 Å². The molecule has 113 heavy (non-hydrogen) atoms. The maximum atomic E-state index is 12.6. The van der Waals surface area contributed by atoms with Gasteiger partial charge in [-0.2, -0.15) is 0 Å². The van der Waals surface area contributed by atoms with E-state index in [9.17, 15) is 33.6 Å². The third-order valence-electron chi connectivity index (χ3n) is 20.6. The summed E-state index contributed by atoms with van der Waals surface area (Å²) in [6.45, 7) is 7.39. The number of nitrogens with zero attached hydrogens (tertiary/aromatic N) is 7. The number of aromatic nitrogens is 8. The van der Waals surface area contributed by atoms with E-state index in [1.807, 2.05) is 152 Å². The Morgan fingerprint density at radius 1 is 0.381 bits per heavy atom. The molecule has 0 spiro atoms. The summed E-state index contributed by atoms with van der Waals surface area (Å²) in [6.07, 6.45) is 5.81. The number of Topliss-reactive ketones (excluding diaryl/α,β-unsaturated/α-hetero) is 4. The Morgan fingerprint density at radius 3 is 1.05 bits per heavy atom. The second-order valence-corrected chi connectivity index (χ2v) is 30.0. The smallest absolute Gasteiger partial charge is 0.326 e. The molecule has 0 unspecified atom stereocenters. The van der Waals surface area contributed by atoms with Gasteiger partial charge < -0.3 is 31.7 Å². The number of imidazole rings is 3. The molecule has 15 aromatic rings. The lowest BCUT2D eigenvalue weighted by atomic mass is 10.00. The molecule has 574 valence electrons. The van der Waals surface area contributed by atoms with Crippen LogP contribution >= 0.6 is 38.6 Å². The van der Waals surface area contributed by atoms with Crippen molar-refractivity contribution in [3.05, 3.63) is 329 Å². The number of likely N-dealkylation sites (tertiary alicyclic amines) is 2. The number of carbonyl (C=O) groups excluding carboxylic acids is 4. The van der Waals surface area contributed by atoms with Crippen molar-refractivity contribution in [2.75, 3.05) is 50.7 Å². The second-order valence-electron chi connectivity index (χ2n) is 27.9. The number of ketones is 4. The van der Waals surface area contributed by atoms with Gasteiger partial charge in [0.2, 0.25) is 23.1 Å². The zero-order valence-electron chi connectivity index (χ0n) is 61.5. The normalized spacial score (nSPS) is 14.1. The third kappa shape index (κ3) is 19.0. The van der Waals surface area contributed by atoms with Gasteiger partial charge in [-0.05, 0) is 105 Å². The van der Waals surface area contributed by atoms with Crippen LogP contribution in [0.5, 0.6) is 0 Å². The molecule has 18 rings (SSSR count). The Hall–Kier alpha value is -11.8. The number of thiophene rings is 2. The number of nitrogens with two attached hydrogens (primary N) is 2. The Kier molecular flexibility index (Phi) is 26.3. The number of para-hydroxylation sites is 6. The first-order valence-corrected chi connectivity index (χ1v) is 40.4. The van der Waals surface area contributed by atoms with E-state index in [1.54, 1.807) is 84.1 Å². The first-order valence-electron chi connectivity index (χ1n) is 37.4. The van der Waals surface area contributed by atoms with E-state index in [2.05, 4.69) is 93.2 Å². The largest absolute Gasteiger partial charge is 0.396 e. The number of nitrogen functional groups attached to an aromatic ring is 2. The molecule has 0 amide bonds. The number of benzene rings is 9. The molecule has 0 radical (unpaired) electrons. The molecule has 0 bridgehead atoms. The Labute approximate surface area is 670 Å². The quantitative estimate of drug-likeness (QED) is 0.0298. The average molecular weight is 1610 g/mol. The highest BCUT2D eigenvalue weighted by molar-refractivity contribution is 9.08. The third-order valence-corrected chi connectivity index (χ3v) is 22.7. The van der Waals surface area contributed by atoms with E-state index >= 15 is 0 Å². The molecule has 3 aliphatic heterocycles. The number of aromatic amines is 3. The van der Waals surface area contributed by atoms with Crippen LogP contribution < -0.4 is 33.9 Å². The van der Waals surface area contributed by atoms with Crippen LogP contribution in [0.4, 0.5) is 11.4 Å². The number of rotatable bonds is 16. The molecule has 9 aromatic carbocycles.